The number of likely N-dealkylation sites (N-methyl/N-ethyl adjacent to an activating group) is 1. The molecule has 0 radical (unpaired) electrons. The van der Waals surface area contributed by atoms with Gasteiger partial charge in [0.15, 0.2) is 0 Å². The Balaban J connectivity index is 2.11. The lowest BCUT2D eigenvalue weighted by molar-refractivity contribution is 0.100. The van der Waals surface area contributed by atoms with Crippen LogP contribution in [0.4, 0.5) is 5.69 Å². The van der Waals surface area contributed by atoms with Gasteiger partial charge in [-0.05, 0) is 24.3 Å². The van der Waals surface area contributed by atoms with Crippen molar-refractivity contribution < 1.29 is 4.79 Å². The van der Waals surface area contributed by atoms with E-state index in [2.05, 4.69) is 17.3 Å². The van der Waals surface area contributed by atoms with E-state index < -0.39 is 0 Å². The summed E-state index contributed by atoms with van der Waals surface area (Å²) in [5, 5.41) is 3.23. The summed E-state index contributed by atoms with van der Waals surface area (Å²) in [6, 6.07) is 7.95. The molecule has 0 saturated carbocycles. The minimum Gasteiger partial charge on any atom is -0.369 e. The Kier molecular flexibility index (Phi) is 2.60. The number of amides is 1. The highest BCUT2D eigenvalue weighted by atomic mass is 16.1. The minimum absolute atomic E-state index is 0.380. The Morgan fingerprint density at radius 1 is 1.40 bits per heavy atom. The Bertz CT molecular complexity index is 357. The van der Waals surface area contributed by atoms with Crippen molar-refractivity contribution in [3.8, 4) is 0 Å². The lowest BCUT2D eigenvalue weighted by atomic mass is 10.1. The summed E-state index contributed by atoms with van der Waals surface area (Å²) in [7, 11) is 2.06. The number of nitrogens with one attached hydrogen (secondary N) is 1. The first-order valence-corrected chi connectivity index (χ1v) is 5.02. The van der Waals surface area contributed by atoms with E-state index in [0.29, 0.717) is 11.6 Å². The van der Waals surface area contributed by atoms with E-state index in [1.54, 1.807) is 12.1 Å². The Morgan fingerprint density at radius 2 is 2.00 bits per heavy atom. The quantitative estimate of drug-likeness (QED) is 0.740. The molecule has 1 fully saturated rings. The van der Waals surface area contributed by atoms with Crippen molar-refractivity contribution in [2.24, 2.45) is 5.73 Å². The SMILES string of the molecule is CN(c1ccc(C(N)=O)cc1)C1CNC1. The standard InChI is InChI=1S/C11H15N3O/c1-14(10-6-13-7-10)9-4-2-8(3-5-9)11(12)15/h2-5,10,13H,6-7H2,1H3,(H2,12,15). The molecule has 1 saturated heterocycles. The first kappa shape index (κ1) is 9.98. The van der Waals surface area contributed by atoms with E-state index in [9.17, 15) is 4.79 Å². The normalized spacial score (nSPS) is 15.8. The molecule has 0 spiro atoms. The maximum Gasteiger partial charge on any atom is 0.248 e. The number of anilines is 1. The van der Waals surface area contributed by atoms with Crippen LogP contribution in [0.5, 0.6) is 0 Å². The van der Waals surface area contributed by atoms with Gasteiger partial charge in [-0.25, -0.2) is 0 Å². The van der Waals surface area contributed by atoms with Crippen LogP contribution in [0, 0.1) is 0 Å². The van der Waals surface area contributed by atoms with Gasteiger partial charge in [-0.3, -0.25) is 4.79 Å². The highest BCUT2D eigenvalue weighted by Gasteiger charge is 2.21. The highest BCUT2D eigenvalue weighted by Crippen LogP contribution is 2.17. The number of hydrogen-bond donors (Lipinski definition) is 2. The maximum absolute atomic E-state index is 10.9. The molecule has 0 bridgehead atoms. The summed E-state index contributed by atoms with van der Waals surface area (Å²) in [6.45, 7) is 2.04. The maximum atomic E-state index is 10.9. The van der Waals surface area contributed by atoms with Gasteiger partial charge in [-0.2, -0.15) is 0 Å². The molecule has 1 aromatic rings. The lowest BCUT2D eigenvalue weighted by Gasteiger charge is -2.37. The summed E-state index contributed by atoms with van der Waals surface area (Å²) >= 11 is 0. The first-order chi connectivity index (χ1) is 7.18. The first-order valence-electron chi connectivity index (χ1n) is 5.02. The zero-order valence-corrected chi connectivity index (χ0v) is 8.73. The molecule has 0 atom stereocenters. The molecule has 15 heavy (non-hydrogen) atoms. The van der Waals surface area contributed by atoms with E-state index in [1.807, 2.05) is 12.1 Å². The molecule has 0 aromatic heterocycles. The number of rotatable bonds is 3. The molecule has 1 amide bonds. The lowest BCUT2D eigenvalue weighted by Crippen LogP contribution is -2.56. The van der Waals surface area contributed by atoms with Gasteiger partial charge in [0.2, 0.25) is 5.91 Å². The fraction of sp³-hybridized carbons (Fsp3) is 0.364. The number of nitrogens with two attached hydrogens (primary N) is 1. The predicted molar refractivity (Wildman–Crippen MR) is 60.0 cm³/mol. The smallest absolute Gasteiger partial charge is 0.248 e. The average molecular weight is 205 g/mol. The topological polar surface area (TPSA) is 58.4 Å². The van der Waals surface area contributed by atoms with Gasteiger partial charge in [0.05, 0.1) is 6.04 Å². The van der Waals surface area contributed by atoms with Crippen molar-refractivity contribution in [3.05, 3.63) is 29.8 Å². The summed E-state index contributed by atoms with van der Waals surface area (Å²) in [6.07, 6.45) is 0. The second kappa shape index (κ2) is 3.90. The van der Waals surface area contributed by atoms with Gasteiger partial charge >= 0.3 is 0 Å². The zero-order chi connectivity index (χ0) is 10.8. The molecule has 2 rings (SSSR count). The summed E-state index contributed by atoms with van der Waals surface area (Å²) in [4.78, 5) is 13.1. The van der Waals surface area contributed by atoms with Gasteiger partial charge in [-0.15, -0.1) is 0 Å². The van der Waals surface area contributed by atoms with Crippen LogP contribution in [0.15, 0.2) is 24.3 Å². The van der Waals surface area contributed by atoms with Gasteiger partial charge in [0.1, 0.15) is 0 Å². The third-order valence-electron chi connectivity index (χ3n) is 2.87. The molecule has 1 heterocycles. The molecule has 1 aliphatic rings. The van der Waals surface area contributed by atoms with Crippen LogP contribution in [0.1, 0.15) is 10.4 Å². The second-order valence-electron chi connectivity index (χ2n) is 3.83. The average Bonchev–Trinajstić information content (AvgIpc) is 2.15. The Labute approximate surface area is 89.1 Å². The number of nitrogens with zero attached hydrogens (tertiary/aromatic N) is 1. The molecular weight excluding hydrogens is 190 g/mol. The van der Waals surface area contributed by atoms with Crippen LogP contribution in [-0.4, -0.2) is 32.1 Å². The minimum atomic E-state index is -0.380. The Morgan fingerprint density at radius 3 is 2.40 bits per heavy atom. The van der Waals surface area contributed by atoms with Crippen molar-refractivity contribution in [1.29, 1.82) is 0 Å². The predicted octanol–water partition coefficient (Wildman–Crippen LogP) is 0.193. The molecule has 3 N–H and O–H groups in total. The van der Waals surface area contributed by atoms with E-state index >= 15 is 0 Å². The summed E-state index contributed by atoms with van der Waals surface area (Å²) in [5.41, 5.74) is 6.85. The monoisotopic (exact) mass is 205 g/mol. The Hall–Kier alpha value is -1.55. The van der Waals surface area contributed by atoms with Crippen LogP contribution in [-0.2, 0) is 0 Å². The molecule has 4 nitrogen and oxygen atoms in total. The number of carbonyl (C=O) groups excluding carboxylic acids is 1. The fourth-order valence-electron chi connectivity index (χ4n) is 1.62. The largest absolute Gasteiger partial charge is 0.369 e. The molecule has 0 aliphatic carbocycles. The zero-order valence-electron chi connectivity index (χ0n) is 8.73. The van der Waals surface area contributed by atoms with Gasteiger partial charge in [0.25, 0.3) is 0 Å². The van der Waals surface area contributed by atoms with Crippen molar-refractivity contribution in [1.82, 2.24) is 5.32 Å². The molecule has 1 aliphatic heterocycles. The van der Waals surface area contributed by atoms with E-state index in [1.165, 1.54) is 0 Å². The van der Waals surface area contributed by atoms with E-state index in [4.69, 9.17) is 5.73 Å². The van der Waals surface area contributed by atoms with Crippen molar-refractivity contribution in [3.63, 3.8) is 0 Å². The van der Waals surface area contributed by atoms with Crippen molar-refractivity contribution >= 4 is 11.6 Å². The molecule has 80 valence electrons. The van der Waals surface area contributed by atoms with Gasteiger partial charge in [0, 0.05) is 31.4 Å². The number of benzene rings is 1. The van der Waals surface area contributed by atoms with Crippen molar-refractivity contribution in [2.75, 3.05) is 25.0 Å². The fourth-order valence-corrected chi connectivity index (χ4v) is 1.62. The molecule has 0 unspecified atom stereocenters. The van der Waals surface area contributed by atoms with Crippen LogP contribution >= 0.6 is 0 Å². The van der Waals surface area contributed by atoms with Crippen molar-refractivity contribution in [2.45, 2.75) is 6.04 Å². The summed E-state index contributed by atoms with van der Waals surface area (Å²) < 4.78 is 0. The van der Waals surface area contributed by atoms with Crippen LogP contribution in [0.2, 0.25) is 0 Å². The van der Waals surface area contributed by atoms with Gasteiger partial charge in [-0.1, -0.05) is 0 Å². The van der Waals surface area contributed by atoms with Gasteiger partial charge < -0.3 is 16.0 Å². The second-order valence-corrected chi connectivity index (χ2v) is 3.83. The van der Waals surface area contributed by atoms with Crippen LogP contribution in [0.3, 0.4) is 0 Å². The molecule has 1 aromatic carbocycles. The highest BCUT2D eigenvalue weighted by molar-refractivity contribution is 5.93. The molecular formula is C11H15N3O. The number of primary amides is 1. The van der Waals surface area contributed by atoms with Crippen LogP contribution < -0.4 is 16.0 Å². The third kappa shape index (κ3) is 1.94. The number of carbonyl (C=O) groups is 1. The summed E-state index contributed by atoms with van der Waals surface area (Å²) in [5.74, 6) is -0.380. The molecule has 4 heteroatoms. The third-order valence-corrected chi connectivity index (χ3v) is 2.87. The van der Waals surface area contributed by atoms with Crippen LogP contribution in [0.25, 0.3) is 0 Å². The number of hydrogen-bond acceptors (Lipinski definition) is 3. The van der Waals surface area contributed by atoms with E-state index in [-0.39, 0.29) is 5.91 Å². The van der Waals surface area contributed by atoms with E-state index in [0.717, 1.165) is 18.8 Å².